The maximum absolute atomic E-state index is 12.9. The number of nitrogens with zero attached hydrogens (tertiary/aromatic N) is 4. The Labute approximate surface area is 152 Å². The van der Waals surface area contributed by atoms with E-state index < -0.39 is 5.54 Å². The van der Waals surface area contributed by atoms with Gasteiger partial charge in [0.25, 0.3) is 5.91 Å². The van der Waals surface area contributed by atoms with Crippen LogP contribution >= 0.6 is 0 Å². The lowest BCUT2D eigenvalue weighted by Crippen LogP contribution is -2.49. The van der Waals surface area contributed by atoms with E-state index in [0.717, 1.165) is 37.8 Å². The first kappa shape index (κ1) is 16.4. The van der Waals surface area contributed by atoms with Gasteiger partial charge in [-0.25, -0.2) is 0 Å². The zero-order valence-electron chi connectivity index (χ0n) is 14.5. The first-order chi connectivity index (χ1) is 12.8. The van der Waals surface area contributed by atoms with Crippen LogP contribution in [0.5, 0.6) is 0 Å². The summed E-state index contributed by atoms with van der Waals surface area (Å²) in [5.41, 5.74) is 0.993. The molecule has 1 saturated carbocycles. The summed E-state index contributed by atoms with van der Waals surface area (Å²) in [5.74, 6) is 0.614. The molecule has 6 heteroatoms. The molecule has 4 rings (SSSR count). The molecule has 0 radical (unpaired) electrons. The van der Waals surface area contributed by atoms with Gasteiger partial charge in [-0.1, -0.05) is 55.7 Å². The minimum absolute atomic E-state index is 0.0879. The van der Waals surface area contributed by atoms with Crippen LogP contribution in [0.1, 0.15) is 48.3 Å². The lowest BCUT2D eigenvalue weighted by Gasteiger charge is -2.36. The van der Waals surface area contributed by atoms with Crippen LogP contribution in [0.25, 0.3) is 5.69 Å². The summed E-state index contributed by atoms with van der Waals surface area (Å²) in [6.07, 6.45) is 4.90. The standard InChI is InChI=1S/C20H21N5O/c26-18(16-10-4-1-5-11-16)21-20(14-8-3-9-15-20)19-22-23-24-25(19)17-12-6-2-7-13-17/h1-2,4-7,10-13H,3,8-9,14-15H2,(H,21,26). The molecule has 0 spiro atoms. The smallest absolute Gasteiger partial charge is 0.252 e. The van der Waals surface area contributed by atoms with Gasteiger partial charge >= 0.3 is 0 Å². The summed E-state index contributed by atoms with van der Waals surface area (Å²) in [7, 11) is 0. The number of rotatable bonds is 4. The fourth-order valence-electron chi connectivity index (χ4n) is 3.67. The average Bonchev–Trinajstić information content (AvgIpc) is 3.21. The Balaban J connectivity index is 1.72. The summed E-state index contributed by atoms with van der Waals surface area (Å²) in [6, 6.07) is 19.1. The van der Waals surface area contributed by atoms with Crippen molar-refractivity contribution in [1.82, 2.24) is 25.5 Å². The molecule has 132 valence electrons. The van der Waals surface area contributed by atoms with Crippen molar-refractivity contribution in [2.24, 2.45) is 0 Å². The number of carbonyl (C=O) groups is 1. The molecule has 0 saturated heterocycles. The molecule has 0 aliphatic heterocycles. The summed E-state index contributed by atoms with van der Waals surface area (Å²) in [5, 5.41) is 15.7. The van der Waals surface area contributed by atoms with E-state index in [4.69, 9.17) is 0 Å². The first-order valence-corrected chi connectivity index (χ1v) is 9.00. The Bertz CT molecular complexity index is 869. The number of carbonyl (C=O) groups excluding carboxylic acids is 1. The van der Waals surface area contributed by atoms with Gasteiger partial charge in [-0.05, 0) is 47.5 Å². The van der Waals surface area contributed by atoms with Crippen LogP contribution in [0, 0.1) is 0 Å². The van der Waals surface area contributed by atoms with Crippen LogP contribution in [0.3, 0.4) is 0 Å². The maximum atomic E-state index is 12.9. The Morgan fingerprint density at radius 2 is 1.58 bits per heavy atom. The molecule has 0 atom stereocenters. The molecule has 1 heterocycles. The normalized spacial score (nSPS) is 16.2. The highest BCUT2D eigenvalue weighted by molar-refractivity contribution is 5.94. The van der Waals surface area contributed by atoms with Gasteiger partial charge in [-0.3, -0.25) is 4.79 Å². The van der Waals surface area contributed by atoms with Crippen LogP contribution in [0.4, 0.5) is 0 Å². The SMILES string of the molecule is O=C(NC1(c2nnnn2-c2ccccc2)CCCCC1)c1ccccc1. The lowest BCUT2D eigenvalue weighted by molar-refractivity contribution is 0.0855. The largest absolute Gasteiger partial charge is 0.339 e. The first-order valence-electron chi connectivity index (χ1n) is 9.00. The predicted octanol–water partition coefficient (Wildman–Crippen LogP) is 3.25. The van der Waals surface area contributed by atoms with Crippen molar-refractivity contribution in [3.05, 3.63) is 72.1 Å². The monoisotopic (exact) mass is 347 g/mol. The van der Waals surface area contributed by atoms with Crippen LogP contribution < -0.4 is 5.32 Å². The zero-order valence-corrected chi connectivity index (χ0v) is 14.5. The molecule has 2 aromatic carbocycles. The van der Waals surface area contributed by atoms with Crippen molar-refractivity contribution in [1.29, 1.82) is 0 Å². The number of benzene rings is 2. The van der Waals surface area contributed by atoms with Crippen molar-refractivity contribution < 1.29 is 4.79 Å². The topological polar surface area (TPSA) is 72.7 Å². The highest BCUT2D eigenvalue weighted by Gasteiger charge is 2.40. The van der Waals surface area contributed by atoms with Gasteiger partial charge in [0.15, 0.2) is 5.82 Å². The number of hydrogen-bond donors (Lipinski definition) is 1. The Kier molecular flexibility index (Phi) is 4.48. The van der Waals surface area contributed by atoms with Gasteiger partial charge in [0, 0.05) is 5.56 Å². The number of amides is 1. The Morgan fingerprint density at radius 1 is 0.923 bits per heavy atom. The summed E-state index contributed by atoms with van der Waals surface area (Å²) < 4.78 is 1.75. The van der Waals surface area contributed by atoms with E-state index in [-0.39, 0.29) is 5.91 Å². The van der Waals surface area contributed by atoms with E-state index in [1.807, 2.05) is 60.7 Å². The second-order valence-corrected chi connectivity index (χ2v) is 6.71. The molecule has 1 amide bonds. The molecule has 1 aliphatic rings. The second-order valence-electron chi connectivity index (χ2n) is 6.71. The predicted molar refractivity (Wildman–Crippen MR) is 97.8 cm³/mol. The van der Waals surface area contributed by atoms with Gasteiger partial charge in [0.1, 0.15) is 5.54 Å². The van der Waals surface area contributed by atoms with Crippen LogP contribution in [-0.4, -0.2) is 26.1 Å². The average molecular weight is 347 g/mol. The minimum atomic E-state index is -0.551. The third kappa shape index (κ3) is 3.10. The van der Waals surface area contributed by atoms with Crippen molar-refractivity contribution in [3.63, 3.8) is 0 Å². The molecule has 0 unspecified atom stereocenters. The van der Waals surface area contributed by atoms with Crippen LogP contribution in [-0.2, 0) is 5.54 Å². The Hall–Kier alpha value is -3.02. The fourth-order valence-corrected chi connectivity index (χ4v) is 3.67. The summed E-state index contributed by atoms with van der Waals surface area (Å²) in [6.45, 7) is 0. The summed E-state index contributed by atoms with van der Waals surface area (Å²) in [4.78, 5) is 12.9. The molecule has 1 N–H and O–H groups in total. The third-order valence-corrected chi connectivity index (χ3v) is 4.99. The highest BCUT2D eigenvalue weighted by Crippen LogP contribution is 2.36. The molecule has 0 bridgehead atoms. The van der Waals surface area contributed by atoms with Gasteiger partial charge in [0.2, 0.25) is 0 Å². The number of aromatic nitrogens is 4. The fraction of sp³-hybridized carbons (Fsp3) is 0.300. The number of nitrogens with one attached hydrogen (secondary N) is 1. The molecular weight excluding hydrogens is 326 g/mol. The van der Waals surface area contributed by atoms with Gasteiger partial charge < -0.3 is 5.32 Å². The molecule has 1 aromatic heterocycles. The quantitative estimate of drug-likeness (QED) is 0.786. The zero-order chi connectivity index (χ0) is 17.8. The molecule has 6 nitrogen and oxygen atoms in total. The van der Waals surface area contributed by atoms with E-state index >= 15 is 0 Å². The molecular formula is C20H21N5O. The number of para-hydroxylation sites is 1. The van der Waals surface area contributed by atoms with Crippen LogP contribution in [0.15, 0.2) is 60.7 Å². The maximum Gasteiger partial charge on any atom is 0.252 e. The van der Waals surface area contributed by atoms with E-state index in [9.17, 15) is 4.79 Å². The third-order valence-electron chi connectivity index (χ3n) is 4.99. The minimum Gasteiger partial charge on any atom is -0.339 e. The molecule has 26 heavy (non-hydrogen) atoms. The van der Waals surface area contributed by atoms with Crippen LogP contribution in [0.2, 0.25) is 0 Å². The molecule has 3 aromatic rings. The van der Waals surface area contributed by atoms with Crippen molar-refractivity contribution in [2.75, 3.05) is 0 Å². The van der Waals surface area contributed by atoms with E-state index in [0.29, 0.717) is 11.4 Å². The van der Waals surface area contributed by atoms with Crippen molar-refractivity contribution in [3.8, 4) is 5.69 Å². The Morgan fingerprint density at radius 3 is 2.27 bits per heavy atom. The number of hydrogen-bond acceptors (Lipinski definition) is 4. The number of tetrazole rings is 1. The molecule has 1 fully saturated rings. The second kappa shape index (κ2) is 7.07. The van der Waals surface area contributed by atoms with Crippen molar-refractivity contribution >= 4 is 5.91 Å². The van der Waals surface area contributed by atoms with Gasteiger partial charge in [-0.2, -0.15) is 4.68 Å². The van der Waals surface area contributed by atoms with E-state index in [1.165, 1.54) is 0 Å². The van der Waals surface area contributed by atoms with E-state index in [2.05, 4.69) is 20.8 Å². The molecule has 1 aliphatic carbocycles. The van der Waals surface area contributed by atoms with Gasteiger partial charge in [0.05, 0.1) is 5.69 Å². The van der Waals surface area contributed by atoms with Gasteiger partial charge in [-0.15, -0.1) is 5.10 Å². The highest BCUT2D eigenvalue weighted by atomic mass is 16.1. The summed E-state index contributed by atoms with van der Waals surface area (Å²) >= 11 is 0. The van der Waals surface area contributed by atoms with Crippen molar-refractivity contribution in [2.45, 2.75) is 37.6 Å². The van der Waals surface area contributed by atoms with E-state index in [1.54, 1.807) is 4.68 Å². The lowest BCUT2D eigenvalue weighted by atomic mass is 9.80.